The Balaban J connectivity index is 2.29. The highest BCUT2D eigenvalue weighted by atomic mass is 32.2. The van der Waals surface area contributed by atoms with Gasteiger partial charge in [0.15, 0.2) is 5.96 Å². The number of carboxylic acid groups (broad SMARTS) is 2. The summed E-state index contributed by atoms with van der Waals surface area (Å²) in [7, 11) is 0. The standard InChI is InChI=1S/C48H77N15O16S/c1-25(47(78)79)56-41(72)31(16-20-80-2)57-37(67)23-55-40(71)29(8-5-18-54-48(52)53)59-45(76)35-9-6-19-63(35)46(77)32(14-15-36(51)66)60-44(75)34(24-64)62-43(74)33(22-38(68)69)61-42(73)30(7-3-4-17-49)58-39(70)28(50)21-26-10-12-27(65)13-11-26/h10-13,25,28-35,64-65H,3-9,14-24,49-50H2,1-2H3,(H2,51,66)(H,55,71)(H,56,72)(H,57,67)(H,58,70)(H,59,76)(H,60,75)(H,61,73)(H,62,74)(H,68,69)(H,78,79)(H4,52,53,54)/t25-,28-,29-,30-,31-,32-,33-,34-,35-/m0/s1. The van der Waals surface area contributed by atoms with Crippen LogP contribution in [-0.2, 0) is 64.0 Å². The van der Waals surface area contributed by atoms with Gasteiger partial charge in [-0.1, -0.05) is 12.1 Å². The molecule has 31 nitrogen and oxygen atoms in total. The summed E-state index contributed by atoms with van der Waals surface area (Å²) in [6, 6.07) is -7.26. The van der Waals surface area contributed by atoms with E-state index in [4.69, 9.17) is 28.3 Å². The van der Waals surface area contributed by atoms with E-state index in [1.54, 1.807) is 6.26 Å². The van der Waals surface area contributed by atoms with Crippen LogP contribution < -0.4 is 70.8 Å². The van der Waals surface area contributed by atoms with E-state index in [2.05, 4.69) is 47.9 Å². The lowest BCUT2D eigenvalue weighted by atomic mass is 10.0. The molecule has 1 fully saturated rings. The van der Waals surface area contributed by atoms with Crippen LogP contribution in [0.15, 0.2) is 24.3 Å². The van der Waals surface area contributed by atoms with Crippen molar-refractivity contribution in [1.82, 2.24) is 52.8 Å². The number of phenolic OH excluding ortho intramolecular Hbond substituents is 1. The molecular formula is C48H77N15O16S. The summed E-state index contributed by atoms with van der Waals surface area (Å²) in [5, 5.41) is 67.8. The van der Waals surface area contributed by atoms with Crippen molar-refractivity contribution >= 4 is 88.7 Å². The number of unbranched alkanes of at least 4 members (excludes halogenated alkanes) is 1. The van der Waals surface area contributed by atoms with Gasteiger partial charge in [0.1, 0.15) is 54.1 Å². The van der Waals surface area contributed by atoms with Gasteiger partial charge in [-0.2, -0.15) is 11.8 Å². The number of aliphatic hydroxyl groups excluding tert-OH is 1. The zero-order valence-electron chi connectivity index (χ0n) is 44.6. The van der Waals surface area contributed by atoms with Gasteiger partial charge in [-0.3, -0.25) is 62.9 Å². The maximum absolute atomic E-state index is 14.3. The Kier molecular flexibility index (Phi) is 30.4. The fraction of sp³-hybridized carbons (Fsp3) is 0.604. The van der Waals surface area contributed by atoms with Crippen LogP contribution in [0.2, 0.25) is 0 Å². The SMILES string of the molecule is CSCC[C@H](NC(=O)CNC(=O)[C@H](CCCNC(=N)N)NC(=O)[C@@H]1CCCN1C(=O)[C@H](CCC(N)=O)NC(=O)[C@H](CO)NC(=O)[C@H](CC(=O)O)NC(=O)[C@H](CCCCN)NC(=O)[C@@H](N)Cc1ccc(O)cc1)C(=O)N[C@@H](C)C(=O)O. The average molecular weight is 1150 g/mol. The number of guanidine groups is 1. The second-order valence-corrected chi connectivity index (χ2v) is 19.7. The first-order chi connectivity index (χ1) is 37.8. The molecular weight excluding hydrogens is 1070 g/mol. The van der Waals surface area contributed by atoms with Gasteiger partial charge < -0.3 is 96.1 Å². The highest BCUT2D eigenvalue weighted by Crippen LogP contribution is 2.21. The lowest BCUT2D eigenvalue weighted by molar-refractivity contribution is -0.143. The molecule has 22 N–H and O–H groups in total. The van der Waals surface area contributed by atoms with Crippen LogP contribution >= 0.6 is 11.8 Å². The maximum atomic E-state index is 14.3. The average Bonchev–Trinajstić information content (AvgIpc) is 3.90. The van der Waals surface area contributed by atoms with Gasteiger partial charge in [-0.05, 0) is 107 Å². The van der Waals surface area contributed by atoms with Crippen molar-refractivity contribution in [2.45, 2.75) is 138 Å². The maximum Gasteiger partial charge on any atom is 0.325 e. The quantitative estimate of drug-likeness (QED) is 0.0167. The minimum absolute atomic E-state index is 0.00126. The van der Waals surface area contributed by atoms with Crippen molar-refractivity contribution in [3.8, 4) is 5.75 Å². The third kappa shape index (κ3) is 24.9. The van der Waals surface area contributed by atoms with E-state index in [1.807, 2.05) is 0 Å². The molecule has 1 aromatic rings. The third-order valence-electron chi connectivity index (χ3n) is 12.3. The molecule has 1 heterocycles. The minimum Gasteiger partial charge on any atom is -0.508 e. The number of aliphatic hydroxyl groups is 1. The molecule has 0 spiro atoms. The molecule has 9 atom stereocenters. The Morgan fingerprint density at radius 2 is 1.29 bits per heavy atom. The van der Waals surface area contributed by atoms with E-state index in [0.29, 0.717) is 24.2 Å². The van der Waals surface area contributed by atoms with Crippen LogP contribution in [0.25, 0.3) is 0 Å². The molecule has 32 heteroatoms. The first-order valence-corrected chi connectivity index (χ1v) is 27.0. The van der Waals surface area contributed by atoms with Crippen LogP contribution in [0.1, 0.15) is 83.1 Å². The van der Waals surface area contributed by atoms with E-state index in [9.17, 15) is 78.0 Å². The Bertz CT molecular complexity index is 2330. The summed E-state index contributed by atoms with van der Waals surface area (Å²) in [5.74, 6) is -12.4. The molecule has 0 unspecified atom stereocenters. The second-order valence-electron chi connectivity index (χ2n) is 18.7. The topological polar surface area (TPSA) is 525 Å². The Labute approximate surface area is 465 Å². The van der Waals surface area contributed by atoms with Crippen LogP contribution in [-0.4, -0.2) is 201 Å². The molecule has 1 aromatic carbocycles. The number of hydrogen-bond donors (Lipinski definition) is 18. The number of carbonyl (C=O) groups is 12. The third-order valence-corrected chi connectivity index (χ3v) is 12.9. The van der Waals surface area contributed by atoms with E-state index < -0.39 is 158 Å². The molecule has 1 aliphatic rings. The van der Waals surface area contributed by atoms with Gasteiger partial charge in [-0.25, -0.2) is 0 Å². The van der Waals surface area contributed by atoms with Crippen molar-refractivity contribution < 1.29 is 78.0 Å². The summed E-state index contributed by atoms with van der Waals surface area (Å²) in [5.41, 5.74) is 23.1. The number of aliphatic carboxylic acids is 2. The van der Waals surface area contributed by atoms with Gasteiger partial charge in [-0.15, -0.1) is 0 Å². The molecule has 1 saturated heterocycles. The van der Waals surface area contributed by atoms with Crippen LogP contribution in [0, 0.1) is 5.41 Å². The first-order valence-electron chi connectivity index (χ1n) is 25.7. The monoisotopic (exact) mass is 1150 g/mol. The lowest BCUT2D eigenvalue weighted by Gasteiger charge is -2.30. The second kappa shape index (κ2) is 35.6. The summed E-state index contributed by atoms with van der Waals surface area (Å²) >= 11 is 1.36. The highest BCUT2D eigenvalue weighted by molar-refractivity contribution is 7.98. The minimum atomic E-state index is -1.92. The van der Waals surface area contributed by atoms with Crippen LogP contribution in [0.5, 0.6) is 5.75 Å². The number of phenols is 1. The van der Waals surface area contributed by atoms with E-state index in [1.165, 1.54) is 43.0 Å². The van der Waals surface area contributed by atoms with E-state index >= 15 is 0 Å². The Hall–Kier alpha value is -7.84. The first kappa shape index (κ1) is 68.3. The Morgan fingerprint density at radius 1 is 0.713 bits per heavy atom. The zero-order valence-corrected chi connectivity index (χ0v) is 45.4. The highest BCUT2D eigenvalue weighted by Gasteiger charge is 2.40. The van der Waals surface area contributed by atoms with Gasteiger partial charge in [0.2, 0.25) is 59.1 Å². The van der Waals surface area contributed by atoms with E-state index in [0.717, 1.165) is 4.90 Å². The van der Waals surface area contributed by atoms with Crippen LogP contribution in [0.4, 0.5) is 0 Å². The summed E-state index contributed by atoms with van der Waals surface area (Å²) in [6.45, 7) is -0.387. The Morgan fingerprint density at radius 3 is 1.89 bits per heavy atom. The largest absolute Gasteiger partial charge is 0.508 e. The molecule has 80 heavy (non-hydrogen) atoms. The normalized spacial score (nSPS) is 15.8. The molecule has 0 radical (unpaired) electrons. The van der Waals surface area contributed by atoms with Gasteiger partial charge in [0.25, 0.3) is 0 Å². The van der Waals surface area contributed by atoms with Gasteiger partial charge in [0, 0.05) is 19.5 Å². The van der Waals surface area contributed by atoms with Gasteiger partial charge in [0.05, 0.1) is 25.6 Å². The van der Waals surface area contributed by atoms with Crippen molar-refractivity contribution in [3.63, 3.8) is 0 Å². The van der Waals surface area contributed by atoms with Crippen molar-refractivity contribution in [2.75, 3.05) is 44.8 Å². The number of nitrogens with one attached hydrogen (secondary N) is 10. The molecule has 1 aliphatic heterocycles. The number of hydrogen-bond acceptors (Lipinski definition) is 18. The lowest BCUT2D eigenvalue weighted by Crippen LogP contribution is -2.60. The predicted molar refractivity (Wildman–Crippen MR) is 287 cm³/mol. The van der Waals surface area contributed by atoms with Crippen LogP contribution in [0.3, 0.4) is 0 Å². The number of carboxylic acids is 2. The number of rotatable bonds is 37. The molecule has 0 saturated carbocycles. The van der Waals surface area contributed by atoms with Crippen molar-refractivity contribution in [1.29, 1.82) is 5.41 Å². The summed E-state index contributed by atoms with van der Waals surface area (Å²) < 4.78 is 0. The number of amides is 10. The molecule has 0 bridgehead atoms. The number of likely N-dealkylation sites (tertiary alicyclic amines) is 1. The summed E-state index contributed by atoms with van der Waals surface area (Å²) in [4.78, 5) is 158. The fourth-order valence-electron chi connectivity index (χ4n) is 7.94. The number of nitrogens with two attached hydrogens (primary N) is 4. The number of carbonyl (C=O) groups excluding carboxylic acids is 10. The smallest absolute Gasteiger partial charge is 0.325 e. The number of primary amides is 1. The number of benzene rings is 1. The van der Waals surface area contributed by atoms with Crippen molar-refractivity contribution in [3.05, 3.63) is 29.8 Å². The number of nitrogens with zero attached hydrogens (tertiary/aromatic N) is 1. The molecule has 0 aliphatic carbocycles. The molecule has 446 valence electrons. The number of aromatic hydroxyl groups is 1. The summed E-state index contributed by atoms with van der Waals surface area (Å²) in [6.07, 6.45) is 0.846. The van der Waals surface area contributed by atoms with Gasteiger partial charge >= 0.3 is 11.9 Å². The van der Waals surface area contributed by atoms with E-state index in [-0.39, 0.29) is 76.3 Å². The molecule has 0 aromatic heterocycles. The molecule has 10 amide bonds. The fourth-order valence-corrected chi connectivity index (χ4v) is 8.41. The zero-order chi connectivity index (χ0) is 60.1. The van der Waals surface area contributed by atoms with Crippen molar-refractivity contribution in [2.24, 2.45) is 22.9 Å². The number of thioether (sulfide) groups is 1. The predicted octanol–water partition coefficient (Wildman–Crippen LogP) is -6.25. The molecule has 2 rings (SSSR count).